The van der Waals surface area contributed by atoms with Crippen LogP contribution in [0.3, 0.4) is 0 Å². The summed E-state index contributed by atoms with van der Waals surface area (Å²) in [5.74, 6) is -2.58. The zero-order valence-electron chi connectivity index (χ0n) is 9.98. The zero-order valence-corrected chi connectivity index (χ0v) is 10.8. The van der Waals surface area contributed by atoms with E-state index >= 15 is 0 Å². The van der Waals surface area contributed by atoms with E-state index in [1.165, 1.54) is 13.8 Å². The summed E-state index contributed by atoms with van der Waals surface area (Å²) in [7, 11) is -4.21. The Morgan fingerprint density at radius 1 is 1.21 bits per heavy atom. The van der Waals surface area contributed by atoms with E-state index in [4.69, 9.17) is 8.71 Å². The van der Waals surface area contributed by atoms with Crippen molar-refractivity contribution in [2.75, 3.05) is 0 Å². The molecular formula is C11H9F2NO4S. The van der Waals surface area contributed by atoms with E-state index in [1.807, 2.05) is 0 Å². The number of hydrogen-bond acceptors (Lipinski definition) is 5. The first-order valence-corrected chi connectivity index (χ1v) is 6.54. The van der Waals surface area contributed by atoms with Gasteiger partial charge in [-0.15, -0.1) is 0 Å². The number of nitrogens with zero attached hydrogens (tertiary/aromatic N) is 1. The highest BCUT2D eigenvalue weighted by Crippen LogP contribution is 2.24. The van der Waals surface area contributed by atoms with Crippen molar-refractivity contribution in [2.45, 2.75) is 18.7 Å². The van der Waals surface area contributed by atoms with Crippen molar-refractivity contribution in [1.29, 1.82) is 0 Å². The first-order valence-electron chi connectivity index (χ1n) is 5.13. The summed E-state index contributed by atoms with van der Waals surface area (Å²) in [6.07, 6.45) is 0. The van der Waals surface area contributed by atoms with Crippen LogP contribution in [0, 0.1) is 25.5 Å². The Balaban J connectivity index is 2.39. The highest BCUT2D eigenvalue weighted by atomic mass is 32.2. The molecule has 0 N–H and O–H groups in total. The van der Waals surface area contributed by atoms with Crippen LogP contribution in [0.4, 0.5) is 8.78 Å². The molecule has 0 saturated heterocycles. The van der Waals surface area contributed by atoms with Gasteiger partial charge in [-0.2, -0.15) is 8.42 Å². The molecule has 19 heavy (non-hydrogen) atoms. The van der Waals surface area contributed by atoms with Crippen LogP contribution in [-0.2, 0) is 10.1 Å². The van der Waals surface area contributed by atoms with Crippen molar-refractivity contribution in [3.63, 3.8) is 0 Å². The highest BCUT2D eigenvalue weighted by Gasteiger charge is 2.26. The van der Waals surface area contributed by atoms with E-state index in [2.05, 4.69) is 5.16 Å². The van der Waals surface area contributed by atoms with Crippen molar-refractivity contribution >= 4 is 10.1 Å². The first-order chi connectivity index (χ1) is 8.81. The summed E-state index contributed by atoms with van der Waals surface area (Å²) in [5.41, 5.74) is 0.125. The standard InChI is InChI=1S/C11H9F2NO4S/c1-6-11(7(2)17-14-6)19(15,16)18-8-3-4-9(12)10(13)5-8/h3-5H,1-2H3. The fourth-order valence-corrected chi connectivity index (χ4v) is 2.76. The van der Waals surface area contributed by atoms with Crippen LogP contribution in [0.5, 0.6) is 5.75 Å². The lowest BCUT2D eigenvalue weighted by Gasteiger charge is -2.06. The Morgan fingerprint density at radius 3 is 2.42 bits per heavy atom. The van der Waals surface area contributed by atoms with Crippen LogP contribution in [0.2, 0.25) is 0 Å². The Morgan fingerprint density at radius 2 is 1.89 bits per heavy atom. The number of benzene rings is 1. The molecule has 102 valence electrons. The maximum Gasteiger partial charge on any atom is 0.344 e. The summed E-state index contributed by atoms with van der Waals surface area (Å²) < 4.78 is 59.1. The quantitative estimate of drug-likeness (QED) is 0.811. The maximum atomic E-state index is 13.0. The number of aromatic nitrogens is 1. The Hall–Kier alpha value is -1.96. The van der Waals surface area contributed by atoms with Gasteiger partial charge in [0, 0.05) is 6.07 Å². The normalized spacial score (nSPS) is 11.6. The van der Waals surface area contributed by atoms with Crippen LogP contribution in [0.25, 0.3) is 0 Å². The van der Waals surface area contributed by atoms with Crippen molar-refractivity contribution in [2.24, 2.45) is 0 Å². The Bertz CT molecular complexity index is 705. The van der Waals surface area contributed by atoms with Gasteiger partial charge in [-0.25, -0.2) is 8.78 Å². The molecular weight excluding hydrogens is 280 g/mol. The number of rotatable bonds is 3. The smallest absolute Gasteiger partial charge is 0.344 e. The molecule has 0 bridgehead atoms. The topological polar surface area (TPSA) is 69.4 Å². The fourth-order valence-electron chi connectivity index (χ4n) is 1.53. The van der Waals surface area contributed by atoms with E-state index in [0.717, 1.165) is 12.1 Å². The predicted octanol–water partition coefficient (Wildman–Crippen LogP) is 2.34. The first kappa shape index (κ1) is 13.5. The minimum absolute atomic E-state index is 0.0556. The van der Waals surface area contributed by atoms with Crippen molar-refractivity contribution in [3.8, 4) is 5.75 Å². The predicted molar refractivity (Wildman–Crippen MR) is 60.1 cm³/mol. The Kier molecular flexibility index (Phi) is 3.27. The third-order valence-electron chi connectivity index (χ3n) is 2.31. The molecule has 2 aromatic rings. The molecule has 0 saturated carbocycles. The summed E-state index contributed by atoms with van der Waals surface area (Å²) in [4.78, 5) is -0.225. The van der Waals surface area contributed by atoms with Gasteiger partial charge in [-0.1, -0.05) is 5.16 Å². The molecule has 0 amide bonds. The van der Waals surface area contributed by atoms with Gasteiger partial charge in [0.25, 0.3) is 0 Å². The average molecular weight is 289 g/mol. The maximum absolute atomic E-state index is 13.0. The molecule has 5 nitrogen and oxygen atoms in total. The second-order valence-electron chi connectivity index (χ2n) is 3.77. The van der Waals surface area contributed by atoms with E-state index < -0.39 is 21.8 Å². The van der Waals surface area contributed by atoms with E-state index in [9.17, 15) is 17.2 Å². The molecule has 0 fully saturated rings. The molecule has 2 rings (SSSR count). The molecule has 8 heteroatoms. The highest BCUT2D eigenvalue weighted by molar-refractivity contribution is 7.87. The second-order valence-corrected chi connectivity index (χ2v) is 5.25. The minimum atomic E-state index is -4.21. The van der Waals surface area contributed by atoms with Crippen LogP contribution in [0.15, 0.2) is 27.6 Å². The lowest BCUT2D eigenvalue weighted by molar-refractivity contribution is 0.389. The third-order valence-corrected chi connectivity index (χ3v) is 3.81. The van der Waals surface area contributed by atoms with Gasteiger partial charge >= 0.3 is 10.1 Å². The van der Waals surface area contributed by atoms with Gasteiger partial charge in [0.05, 0.1) is 0 Å². The Labute approximate surface area is 107 Å². The molecule has 0 radical (unpaired) electrons. The monoisotopic (exact) mass is 289 g/mol. The summed E-state index contributed by atoms with van der Waals surface area (Å²) in [6, 6.07) is 2.42. The molecule has 1 aromatic heterocycles. The van der Waals surface area contributed by atoms with Gasteiger partial charge in [0.15, 0.2) is 22.3 Å². The van der Waals surface area contributed by atoms with E-state index in [0.29, 0.717) is 6.07 Å². The lowest BCUT2D eigenvalue weighted by atomic mass is 10.3. The third kappa shape index (κ3) is 2.58. The molecule has 1 heterocycles. The fraction of sp³-hybridized carbons (Fsp3) is 0.182. The molecule has 0 unspecified atom stereocenters. The zero-order chi connectivity index (χ0) is 14.2. The molecule has 0 atom stereocenters. The largest absolute Gasteiger partial charge is 0.379 e. The molecule has 0 aliphatic carbocycles. The molecule has 1 aromatic carbocycles. The lowest BCUT2D eigenvalue weighted by Crippen LogP contribution is -2.11. The van der Waals surface area contributed by atoms with Crippen LogP contribution in [0.1, 0.15) is 11.5 Å². The summed E-state index contributed by atoms with van der Waals surface area (Å²) in [6.45, 7) is 2.83. The van der Waals surface area contributed by atoms with E-state index in [1.54, 1.807) is 0 Å². The number of aryl methyl sites for hydroxylation is 2. The molecule has 0 spiro atoms. The second kappa shape index (κ2) is 4.61. The summed E-state index contributed by atoms with van der Waals surface area (Å²) in [5, 5.41) is 3.49. The van der Waals surface area contributed by atoms with E-state index in [-0.39, 0.29) is 22.1 Å². The van der Waals surface area contributed by atoms with Crippen molar-refractivity contribution in [3.05, 3.63) is 41.3 Å². The van der Waals surface area contributed by atoms with Gasteiger partial charge in [-0.3, -0.25) is 0 Å². The van der Waals surface area contributed by atoms with Crippen molar-refractivity contribution < 1.29 is 25.9 Å². The summed E-state index contributed by atoms with van der Waals surface area (Å²) >= 11 is 0. The van der Waals surface area contributed by atoms with Gasteiger partial charge in [0.1, 0.15) is 11.4 Å². The number of halogens is 2. The average Bonchev–Trinajstić information content (AvgIpc) is 2.64. The van der Waals surface area contributed by atoms with Crippen molar-refractivity contribution in [1.82, 2.24) is 5.16 Å². The molecule has 0 aliphatic heterocycles. The molecule has 0 aliphatic rings. The SMILES string of the molecule is Cc1noc(C)c1S(=O)(=O)Oc1ccc(F)c(F)c1. The minimum Gasteiger partial charge on any atom is -0.379 e. The van der Waals surface area contributed by atoms with Gasteiger partial charge < -0.3 is 8.71 Å². The van der Waals surface area contributed by atoms with Crippen LogP contribution in [-0.4, -0.2) is 13.6 Å². The van der Waals surface area contributed by atoms with Crippen LogP contribution >= 0.6 is 0 Å². The number of hydrogen-bond donors (Lipinski definition) is 0. The van der Waals surface area contributed by atoms with Gasteiger partial charge in [-0.05, 0) is 26.0 Å². The van der Waals surface area contributed by atoms with Gasteiger partial charge in [0.2, 0.25) is 0 Å². The van der Waals surface area contributed by atoms with Crippen LogP contribution < -0.4 is 4.18 Å².